The fraction of sp³-hybridized carbons (Fsp3) is 0.471. The number of hydrogen-bond acceptors (Lipinski definition) is 3. The summed E-state index contributed by atoms with van der Waals surface area (Å²) in [5.41, 5.74) is 1.60. The fourth-order valence-corrected chi connectivity index (χ4v) is 2.80. The molecule has 0 saturated carbocycles. The van der Waals surface area contributed by atoms with Crippen molar-refractivity contribution in [3.05, 3.63) is 41.8 Å². The van der Waals surface area contributed by atoms with E-state index in [0.717, 1.165) is 16.5 Å². The SMILES string of the molecule is CN(Cc1cc(F)cc2cccnc12)C(CO)C(C)(C)C. The summed E-state index contributed by atoms with van der Waals surface area (Å²) in [6, 6.07) is 6.70. The highest BCUT2D eigenvalue weighted by atomic mass is 19.1. The second-order valence-corrected chi connectivity index (χ2v) is 6.62. The molecule has 0 aliphatic heterocycles. The van der Waals surface area contributed by atoms with Gasteiger partial charge >= 0.3 is 0 Å². The Hall–Kier alpha value is -1.52. The van der Waals surface area contributed by atoms with Gasteiger partial charge in [0.1, 0.15) is 5.82 Å². The molecule has 1 aromatic carbocycles. The van der Waals surface area contributed by atoms with Crippen molar-refractivity contribution < 1.29 is 9.50 Å². The van der Waals surface area contributed by atoms with Gasteiger partial charge in [-0.15, -0.1) is 0 Å². The van der Waals surface area contributed by atoms with Gasteiger partial charge in [-0.3, -0.25) is 9.88 Å². The lowest BCUT2D eigenvalue weighted by Gasteiger charge is -2.37. The molecule has 0 spiro atoms. The molecular formula is C17H23FN2O. The van der Waals surface area contributed by atoms with E-state index in [0.29, 0.717) is 6.54 Å². The summed E-state index contributed by atoms with van der Waals surface area (Å²) in [5.74, 6) is -0.254. The number of pyridine rings is 1. The molecule has 0 aliphatic rings. The minimum Gasteiger partial charge on any atom is -0.395 e. The molecule has 0 aliphatic carbocycles. The van der Waals surface area contributed by atoms with E-state index in [-0.39, 0.29) is 23.9 Å². The number of benzene rings is 1. The Labute approximate surface area is 125 Å². The van der Waals surface area contributed by atoms with Crippen molar-refractivity contribution in [3.63, 3.8) is 0 Å². The highest BCUT2D eigenvalue weighted by molar-refractivity contribution is 5.81. The van der Waals surface area contributed by atoms with Crippen molar-refractivity contribution in [2.45, 2.75) is 33.4 Å². The molecule has 0 amide bonds. The maximum Gasteiger partial charge on any atom is 0.124 e. The van der Waals surface area contributed by atoms with Gasteiger partial charge in [-0.1, -0.05) is 26.8 Å². The molecule has 1 atom stereocenters. The summed E-state index contributed by atoms with van der Waals surface area (Å²) in [7, 11) is 1.95. The molecule has 0 saturated heterocycles. The molecule has 114 valence electrons. The zero-order valence-corrected chi connectivity index (χ0v) is 13.1. The predicted molar refractivity (Wildman–Crippen MR) is 83.5 cm³/mol. The molecule has 1 aromatic heterocycles. The van der Waals surface area contributed by atoms with Crippen molar-refractivity contribution >= 4 is 10.9 Å². The number of rotatable bonds is 4. The van der Waals surface area contributed by atoms with Crippen LogP contribution >= 0.6 is 0 Å². The Morgan fingerprint density at radius 3 is 2.67 bits per heavy atom. The van der Waals surface area contributed by atoms with Crippen LogP contribution in [0.5, 0.6) is 0 Å². The zero-order valence-electron chi connectivity index (χ0n) is 13.1. The highest BCUT2D eigenvalue weighted by Gasteiger charge is 2.28. The molecule has 21 heavy (non-hydrogen) atoms. The quantitative estimate of drug-likeness (QED) is 0.939. The summed E-state index contributed by atoms with van der Waals surface area (Å²) in [5, 5.41) is 10.4. The van der Waals surface area contributed by atoms with Gasteiger partial charge in [-0.25, -0.2) is 4.39 Å². The third kappa shape index (κ3) is 3.57. The molecule has 3 nitrogen and oxygen atoms in total. The number of aliphatic hydroxyl groups excluding tert-OH is 1. The number of fused-ring (bicyclic) bond motifs is 1. The van der Waals surface area contributed by atoms with Crippen LogP contribution in [0.25, 0.3) is 10.9 Å². The van der Waals surface area contributed by atoms with Gasteiger partial charge < -0.3 is 5.11 Å². The number of hydrogen-bond donors (Lipinski definition) is 1. The van der Waals surface area contributed by atoms with Crippen LogP contribution in [0.3, 0.4) is 0 Å². The zero-order chi connectivity index (χ0) is 15.6. The summed E-state index contributed by atoms with van der Waals surface area (Å²) < 4.78 is 13.8. The van der Waals surface area contributed by atoms with Crippen LogP contribution < -0.4 is 0 Å². The molecule has 4 heteroatoms. The largest absolute Gasteiger partial charge is 0.395 e. The smallest absolute Gasteiger partial charge is 0.124 e. The number of nitrogens with zero attached hydrogens (tertiary/aromatic N) is 2. The van der Waals surface area contributed by atoms with Crippen molar-refractivity contribution in [1.29, 1.82) is 0 Å². The third-order valence-corrected chi connectivity index (χ3v) is 3.87. The van der Waals surface area contributed by atoms with Crippen LogP contribution in [0.1, 0.15) is 26.3 Å². The maximum absolute atomic E-state index is 13.8. The first-order valence-corrected chi connectivity index (χ1v) is 7.17. The van der Waals surface area contributed by atoms with Crippen molar-refractivity contribution in [1.82, 2.24) is 9.88 Å². The summed E-state index contributed by atoms with van der Waals surface area (Å²) in [6.45, 7) is 6.89. The van der Waals surface area contributed by atoms with Crippen LogP contribution in [-0.4, -0.2) is 34.7 Å². The number of aromatic nitrogens is 1. The molecule has 0 bridgehead atoms. The maximum atomic E-state index is 13.8. The lowest BCUT2D eigenvalue weighted by molar-refractivity contribution is 0.0616. The fourth-order valence-electron chi connectivity index (χ4n) is 2.80. The van der Waals surface area contributed by atoms with E-state index < -0.39 is 0 Å². The van der Waals surface area contributed by atoms with Gasteiger partial charge in [0.05, 0.1) is 12.1 Å². The molecule has 1 heterocycles. The lowest BCUT2D eigenvalue weighted by atomic mass is 9.86. The van der Waals surface area contributed by atoms with E-state index in [9.17, 15) is 9.50 Å². The van der Waals surface area contributed by atoms with Gasteiger partial charge in [0.2, 0.25) is 0 Å². The second-order valence-electron chi connectivity index (χ2n) is 6.62. The van der Waals surface area contributed by atoms with Crippen LogP contribution in [0.2, 0.25) is 0 Å². The Morgan fingerprint density at radius 2 is 2.05 bits per heavy atom. The summed E-state index contributed by atoms with van der Waals surface area (Å²) in [4.78, 5) is 6.43. The summed E-state index contributed by atoms with van der Waals surface area (Å²) >= 11 is 0. The van der Waals surface area contributed by atoms with Crippen molar-refractivity contribution in [2.24, 2.45) is 5.41 Å². The monoisotopic (exact) mass is 290 g/mol. The molecule has 1 N–H and O–H groups in total. The normalized spacial score (nSPS) is 13.9. The van der Waals surface area contributed by atoms with Gasteiger partial charge in [-0.2, -0.15) is 0 Å². The first-order chi connectivity index (χ1) is 9.82. The van der Waals surface area contributed by atoms with Gasteiger partial charge in [0.25, 0.3) is 0 Å². The van der Waals surface area contributed by atoms with E-state index in [1.165, 1.54) is 12.1 Å². The topological polar surface area (TPSA) is 36.4 Å². The average molecular weight is 290 g/mol. The molecule has 0 radical (unpaired) electrons. The molecule has 0 fully saturated rings. The lowest BCUT2D eigenvalue weighted by Crippen LogP contribution is -2.44. The Bertz CT molecular complexity index is 622. The number of aliphatic hydroxyl groups is 1. The van der Waals surface area contributed by atoms with Gasteiger partial charge in [0.15, 0.2) is 0 Å². The van der Waals surface area contributed by atoms with Crippen LogP contribution in [0.4, 0.5) is 4.39 Å². The van der Waals surface area contributed by atoms with E-state index in [4.69, 9.17) is 0 Å². The van der Waals surface area contributed by atoms with Crippen molar-refractivity contribution in [2.75, 3.05) is 13.7 Å². The first-order valence-electron chi connectivity index (χ1n) is 7.17. The Balaban J connectivity index is 2.35. The van der Waals surface area contributed by atoms with Crippen LogP contribution in [0.15, 0.2) is 30.5 Å². The molecule has 1 unspecified atom stereocenters. The number of likely N-dealkylation sites (N-methyl/N-ethyl adjacent to an activating group) is 1. The highest BCUT2D eigenvalue weighted by Crippen LogP contribution is 2.26. The predicted octanol–water partition coefficient (Wildman–Crippen LogP) is 3.21. The number of halogens is 1. The standard InChI is InChI=1S/C17H23FN2O/c1-17(2,3)15(11-21)20(4)10-13-9-14(18)8-12-6-5-7-19-16(12)13/h5-9,15,21H,10-11H2,1-4H3. The van der Waals surface area contributed by atoms with E-state index in [1.807, 2.05) is 13.1 Å². The van der Waals surface area contributed by atoms with Gasteiger partial charge in [-0.05, 0) is 36.2 Å². The van der Waals surface area contributed by atoms with E-state index >= 15 is 0 Å². The average Bonchev–Trinajstić information content (AvgIpc) is 2.37. The van der Waals surface area contributed by atoms with E-state index in [1.54, 1.807) is 12.3 Å². The van der Waals surface area contributed by atoms with E-state index in [2.05, 4.69) is 30.7 Å². The summed E-state index contributed by atoms with van der Waals surface area (Å²) in [6.07, 6.45) is 1.72. The van der Waals surface area contributed by atoms with Crippen LogP contribution in [-0.2, 0) is 6.54 Å². The minimum atomic E-state index is -0.254. The Morgan fingerprint density at radius 1 is 1.33 bits per heavy atom. The molecule has 2 rings (SSSR count). The van der Waals surface area contributed by atoms with Crippen molar-refractivity contribution in [3.8, 4) is 0 Å². The Kier molecular flexibility index (Phi) is 4.59. The minimum absolute atomic E-state index is 0.000436. The first kappa shape index (κ1) is 15.9. The second kappa shape index (κ2) is 6.08. The molecule has 2 aromatic rings. The molecular weight excluding hydrogens is 267 g/mol. The van der Waals surface area contributed by atoms with Crippen LogP contribution in [0, 0.1) is 11.2 Å². The van der Waals surface area contributed by atoms with Gasteiger partial charge in [0, 0.05) is 24.2 Å². The third-order valence-electron chi connectivity index (χ3n) is 3.87.